The van der Waals surface area contributed by atoms with Crippen LogP contribution in [0.1, 0.15) is 25.1 Å². The summed E-state index contributed by atoms with van der Waals surface area (Å²) in [4.78, 5) is 0.404. The molecular weight excluding hydrogens is 412 g/mol. The van der Waals surface area contributed by atoms with Crippen LogP contribution in [0, 0.1) is 12.8 Å². The van der Waals surface area contributed by atoms with E-state index in [4.69, 9.17) is 0 Å². The molecule has 0 spiro atoms. The van der Waals surface area contributed by atoms with Crippen LogP contribution >= 0.6 is 0 Å². The summed E-state index contributed by atoms with van der Waals surface area (Å²) in [6.45, 7) is 6.39. The third-order valence-corrected chi connectivity index (χ3v) is 9.13. The summed E-state index contributed by atoms with van der Waals surface area (Å²) in [7, 11) is -5.66. The Bertz CT molecular complexity index is 1070. The van der Waals surface area contributed by atoms with Crippen LogP contribution in [0.25, 0.3) is 0 Å². The maximum absolute atomic E-state index is 12.9. The predicted molar refractivity (Wildman–Crippen MR) is 110 cm³/mol. The van der Waals surface area contributed by atoms with Crippen LogP contribution in [-0.4, -0.2) is 61.4 Å². The Labute approximate surface area is 173 Å². The number of piperazine rings is 1. The van der Waals surface area contributed by atoms with E-state index < -0.39 is 20.0 Å². The van der Waals surface area contributed by atoms with Crippen LogP contribution in [0.2, 0.25) is 0 Å². The Morgan fingerprint density at radius 1 is 0.931 bits per heavy atom. The molecule has 1 fully saturated rings. The molecule has 0 unspecified atom stereocenters. The van der Waals surface area contributed by atoms with E-state index >= 15 is 0 Å². The molecule has 1 aromatic carbocycles. The van der Waals surface area contributed by atoms with Gasteiger partial charge in [0.1, 0.15) is 4.90 Å². The summed E-state index contributed by atoms with van der Waals surface area (Å²) in [6.07, 6.45) is 2.23. The third kappa shape index (κ3) is 4.40. The van der Waals surface area contributed by atoms with E-state index in [1.54, 1.807) is 26.1 Å². The van der Waals surface area contributed by atoms with Gasteiger partial charge in [0.2, 0.25) is 20.0 Å². The second-order valence-electron chi connectivity index (χ2n) is 7.77. The molecule has 160 valence electrons. The fraction of sp³-hybridized carbons (Fsp3) is 0.526. The van der Waals surface area contributed by atoms with Crippen molar-refractivity contribution in [3.8, 4) is 0 Å². The molecule has 1 aliphatic heterocycles. The lowest BCUT2D eigenvalue weighted by atomic mass is 10.0. The van der Waals surface area contributed by atoms with E-state index in [1.807, 2.05) is 12.1 Å². The van der Waals surface area contributed by atoms with Crippen molar-refractivity contribution >= 4 is 20.0 Å². The van der Waals surface area contributed by atoms with Crippen LogP contribution < -0.4 is 0 Å². The van der Waals surface area contributed by atoms with E-state index in [0.29, 0.717) is 11.6 Å². The number of hydrogen-bond donors (Lipinski definition) is 0. The van der Waals surface area contributed by atoms with Gasteiger partial charge in [0.05, 0.1) is 16.8 Å². The van der Waals surface area contributed by atoms with Crippen LogP contribution in [0.5, 0.6) is 0 Å². The van der Waals surface area contributed by atoms with E-state index in [9.17, 15) is 16.8 Å². The van der Waals surface area contributed by atoms with Crippen molar-refractivity contribution in [3.63, 3.8) is 0 Å². The number of aromatic nitrogens is 2. The normalized spacial score (nSPS) is 17.1. The molecule has 29 heavy (non-hydrogen) atoms. The topological polar surface area (TPSA) is 92.6 Å². The molecular formula is C19H28N4O4S2. The zero-order valence-corrected chi connectivity index (χ0v) is 18.9. The van der Waals surface area contributed by atoms with E-state index in [0.717, 1.165) is 12.0 Å². The summed E-state index contributed by atoms with van der Waals surface area (Å²) in [6, 6.07) is 6.96. The van der Waals surface area contributed by atoms with Gasteiger partial charge in [-0.3, -0.25) is 4.68 Å². The van der Waals surface area contributed by atoms with E-state index in [-0.39, 0.29) is 36.0 Å². The van der Waals surface area contributed by atoms with Gasteiger partial charge in [0, 0.05) is 33.2 Å². The number of sulfonamides is 2. The number of aryl methyl sites for hydroxylation is 1. The lowest BCUT2D eigenvalue weighted by molar-refractivity contribution is 0.272. The molecule has 0 amide bonds. The highest BCUT2D eigenvalue weighted by molar-refractivity contribution is 7.89. The molecule has 0 radical (unpaired) electrons. The van der Waals surface area contributed by atoms with E-state index in [1.165, 1.54) is 19.5 Å². The number of benzene rings is 1. The quantitative estimate of drug-likeness (QED) is 0.681. The van der Waals surface area contributed by atoms with Crippen LogP contribution in [0.15, 0.2) is 40.3 Å². The Morgan fingerprint density at radius 3 is 1.90 bits per heavy atom. The van der Waals surface area contributed by atoms with E-state index in [2.05, 4.69) is 18.9 Å². The first kappa shape index (κ1) is 21.9. The molecule has 1 aliphatic rings. The molecule has 0 atom stereocenters. The zero-order chi connectivity index (χ0) is 21.4. The molecule has 8 nitrogen and oxygen atoms in total. The minimum atomic E-state index is -3.69. The largest absolute Gasteiger partial charge is 0.272 e. The first-order valence-corrected chi connectivity index (χ1v) is 12.5. The average molecular weight is 441 g/mol. The summed E-state index contributed by atoms with van der Waals surface area (Å²) in [5.41, 5.74) is 1.66. The van der Waals surface area contributed by atoms with Gasteiger partial charge in [-0.15, -0.1) is 0 Å². The smallest absolute Gasteiger partial charge is 0.246 e. The van der Waals surface area contributed by atoms with Crippen molar-refractivity contribution in [2.24, 2.45) is 13.0 Å². The second kappa shape index (κ2) is 8.17. The van der Waals surface area contributed by atoms with Gasteiger partial charge >= 0.3 is 0 Å². The minimum Gasteiger partial charge on any atom is -0.272 e. The lowest BCUT2D eigenvalue weighted by Gasteiger charge is -2.33. The summed E-state index contributed by atoms with van der Waals surface area (Å²) >= 11 is 0. The van der Waals surface area contributed by atoms with Crippen molar-refractivity contribution < 1.29 is 16.8 Å². The van der Waals surface area contributed by atoms with Crippen molar-refractivity contribution in [1.29, 1.82) is 0 Å². The van der Waals surface area contributed by atoms with Gasteiger partial charge in [-0.1, -0.05) is 26.0 Å². The first-order chi connectivity index (χ1) is 13.5. The second-order valence-corrected chi connectivity index (χ2v) is 11.6. The fourth-order valence-electron chi connectivity index (χ4n) is 3.44. The Hall–Kier alpha value is -1.75. The Kier molecular flexibility index (Phi) is 6.19. The summed E-state index contributed by atoms with van der Waals surface area (Å²) < 4.78 is 55.8. The van der Waals surface area contributed by atoms with Crippen LogP contribution in [0.4, 0.5) is 0 Å². The molecule has 0 N–H and O–H groups in total. The van der Waals surface area contributed by atoms with Crippen LogP contribution in [-0.2, 0) is 33.5 Å². The molecule has 2 heterocycles. The minimum absolute atomic E-state index is 0.112. The highest BCUT2D eigenvalue weighted by Gasteiger charge is 2.35. The van der Waals surface area contributed by atoms with Gasteiger partial charge < -0.3 is 0 Å². The molecule has 0 saturated carbocycles. The van der Waals surface area contributed by atoms with Gasteiger partial charge in [-0.2, -0.15) is 13.7 Å². The zero-order valence-electron chi connectivity index (χ0n) is 17.2. The molecule has 10 heteroatoms. The highest BCUT2D eigenvalue weighted by Crippen LogP contribution is 2.23. The number of hydrogen-bond acceptors (Lipinski definition) is 5. The Balaban J connectivity index is 1.72. The monoisotopic (exact) mass is 440 g/mol. The van der Waals surface area contributed by atoms with Crippen molar-refractivity contribution in [3.05, 3.63) is 41.7 Å². The number of rotatable bonds is 6. The van der Waals surface area contributed by atoms with Crippen molar-refractivity contribution in [2.45, 2.75) is 37.0 Å². The maximum atomic E-state index is 12.9. The van der Waals surface area contributed by atoms with Crippen LogP contribution in [0.3, 0.4) is 0 Å². The Morgan fingerprint density at radius 2 is 1.45 bits per heavy atom. The maximum Gasteiger partial charge on any atom is 0.246 e. The third-order valence-electron chi connectivity index (χ3n) is 5.21. The fourth-order valence-corrected chi connectivity index (χ4v) is 6.47. The van der Waals surface area contributed by atoms with Crippen molar-refractivity contribution in [2.75, 3.05) is 26.2 Å². The summed E-state index contributed by atoms with van der Waals surface area (Å²) in [5.74, 6) is 0.496. The standard InChI is InChI=1S/C19H28N4O4S2/c1-15(2)13-17-5-7-18(8-6-17)28(24,25)22-9-11-23(12-10-22)29(26,27)19-14-20-21(4)16(19)3/h5-8,14-15H,9-13H2,1-4H3. The number of nitrogens with zero attached hydrogens (tertiary/aromatic N) is 4. The van der Waals surface area contributed by atoms with Gasteiger partial charge in [0.15, 0.2) is 0 Å². The van der Waals surface area contributed by atoms with Gasteiger partial charge in [-0.25, -0.2) is 16.8 Å². The lowest BCUT2D eigenvalue weighted by Crippen LogP contribution is -2.50. The molecule has 0 bridgehead atoms. The molecule has 1 saturated heterocycles. The molecule has 3 rings (SSSR count). The van der Waals surface area contributed by atoms with Crippen molar-refractivity contribution in [1.82, 2.24) is 18.4 Å². The molecule has 2 aromatic rings. The SMILES string of the molecule is Cc1c(S(=O)(=O)N2CCN(S(=O)(=O)c3ccc(CC(C)C)cc3)CC2)cnn1C. The predicted octanol–water partition coefficient (Wildman–Crippen LogP) is 1.62. The first-order valence-electron chi connectivity index (χ1n) is 9.61. The average Bonchev–Trinajstić information content (AvgIpc) is 3.01. The highest BCUT2D eigenvalue weighted by atomic mass is 32.2. The molecule has 1 aromatic heterocycles. The van der Waals surface area contributed by atoms with Gasteiger partial charge in [0.25, 0.3) is 0 Å². The summed E-state index contributed by atoms with van der Waals surface area (Å²) in [5, 5.41) is 4.00. The molecule has 0 aliphatic carbocycles. The van der Waals surface area contributed by atoms with Gasteiger partial charge in [-0.05, 0) is 37.0 Å².